The summed E-state index contributed by atoms with van der Waals surface area (Å²) < 4.78 is 5.49. The van der Waals surface area contributed by atoms with Crippen molar-refractivity contribution in [3.8, 4) is 0 Å². The molecule has 2 fully saturated rings. The van der Waals surface area contributed by atoms with Crippen molar-refractivity contribution < 1.29 is 14.1 Å². The number of anilines is 1. The average molecular weight is 414 g/mol. The number of amides is 3. The van der Waals surface area contributed by atoms with Crippen molar-refractivity contribution in [2.75, 3.05) is 37.6 Å². The van der Waals surface area contributed by atoms with E-state index in [0.717, 1.165) is 43.7 Å². The molecule has 0 unspecified atom stereocenters. The number of hydrogen-bond acceptors (Lipinski definition) is 6. The van der Waals surface area contributed by atoms with Gasteiger partial charge in [-0.25, -0.2) is 4.79 Å². The van der Waals surface area contributed by atoms with Gasteiger partial charge in [0, 0.05) is 51.7 Å². The first-order valence-corrected chi connectivity index (χ1v) is 10.8. The Morgan fingerprint density at radius 1 is 1.23 bits per heavy atom. The van der Waals surface area contributed by atoms with E-state index in [2.05, 4.69) is 54.0 Å². The van der Waals surface area contributed by atoms with Crippen LogP contribution in [0.15, 0.2) is 16.7 Å². The van der Waals surface area contributed by atoms with Gasteiger partial charge in [-0.3, -0.25) is 24.8 Å². The third-order valence-electron chi connectivity index (χ3n) is 6.15. The van der Waals surface area contributed by atoms with E-state index in [9.17, 15) is 9.59 Å². The lowest BCUT2D eigenvalue weighted by molar-refractivity contribution is -0.120. The van der Waals surface area contributed by atoms with E-state index in [1.54, 1.807) is 0 Å². The fourth-order valence-electron chi connectivity index (χ4n) is 4.54. The van der Waals surface area contributed by atoms with Crippen molar-refractivity contribution in [3.05, 3.63) is 23.3 Å². The maximum atomic E-state index is 12.3. The van der Waals surface area contributed by atoms with Gasteiger partial charge in [0.05, 0.1) is 5.39 Å². The summed E-state index contributed by atoms with van der Waals surface area (Å²) in [5.74, 6) is 0.912. The molecule has 8 nitrogen and oxygen atoms in total. The molecule has 1 aromatic heterocycles. The molecule has 3 amide bonds. The highest BCUT2D eigenvalue weighted by molar-refractivity contribution is 6.09. The highest BCUT2D eigenvalue weighted by atomic mass is 16.5. The molecule has 0 bridgehead atoms. The third kappa shape index (κ3) is 4.06. The van der Waals surface area contributed by atoms with Gasteiger partial charge in [0.15, 0.2) is 11.4 Å². The van der Waals surface area contributed by atoms with Gasteiger partial charge < -0.3 is 4.52 Å². The number of carbonyl (C=O) groups excluding carboxylic acids is 2. The molecule has 1 N–H and O–H groups in total. The van der Waals surface area contributed by atoms with Gasteiger partial charge in [-0.1, -0.05) is 25.1 Å². The number of benzene rings is 1. The summed E-state index contributed by atoms with van der Waals surface area (Å²) in [5.41, 5.74) is 2.95. The molecule has 2 aliphatic rings. The zero-order chi connectivity index (χ0) is 21.4. The topological polar surface area (TPSA) is 81.9 Å². The maximum absolute atomic E-state index is 12.3. The normalized spacial score (nSPS) is 21.6. The van der Waals surface area contributed by atoms with Crippen molar-refractivity contribution >= 4 is 28.7 Å². The number of aromatic nitrogens is 1. The van der Waals surface area contributed by atoms with Gasteiger partial charge in [-0.05, 0) is 37.0 Å². The molecule has 1 atom stereocenters. The van der Waals surface area contributed by atoms with Gasteiger partial charge in [0.1, 0.15) is 0 Å². The van der Waals surface area contributed by atoms with Gasteiger partial charge in [0.2, 0.25) is 5.91 Å². The first-order chi connectivity index (χ1) is 14.3. The maximum Gasteiger partial charge on any atom is 0.329 e. The smallest absolute Gasteiger partial charge is 0.329 e. The van der Waals surface area contributed by atoms with Crippen LogP contribution in [0.1, 0.15) is 38.3 Å². The zero-order valence-corrected chi connectivity index (χ0v) is 18.3. The SMILES string of the molecule is Cc1c(CN2CCN(CC(C)C)[C@@H](C)C2)ccc2onc(N3CCC(=O)NC3=O)c12. The molecule has 2 saturated heterocycles. The van der Waals surface area contributed by atoms with E-state index in [0.29, 0.717) is 29.9 Å². The van der Waals surface area contributed by atoms with Crippen LogP contribution in [0.2, 0.25) is 0 Å². The van der Waals surface area contributed by atoms with Crippen LogP contribution >= 0.6 is 0 Å². The van der Waals surface area contributed by atoms with Crippen molar-refractivity contribution in [3.63, 3.8) is 0 Å². The van der Waals surface area contributed by atoms with Gasteiger partial charge in [-0.15, -0.1) is 0 Å². The number of piperazine rings is 1. The van der Waals surface area contributed by atoms with Gasteiger partial charge in [0.25, 0.3) is 0 Å². The van der Waals surface area contributed by atoms with E-state index in [-0.39, 0.29) is 12.3 Å². The van der Waals surface area contributed by atoms with E-state index < -0.39 is 6.03 Å². The monoisotopic (exact) mass is 413 g/mol. The average Bonchev–Trinajstić information content (AvgIpc) is 3.10. The lowest BCUT2D eigenvalue weighted by atomic mass is 10.0. The van der Waals surface area contributed by atoms with Gasteiger partial charge in [-0.2, -0.15) is 0 Å². The van der Waals surface area contributed by atoms with Crippen molar-refractivity contribution in [1.29, 1.82) is 0 Å². The lowest BCUT2D eigenvalue weighted by Gasteiger charge is -2.40. The molecule has 2 aliphatic heterocycles. The number of imide groups is 1. The molecule has 4 rings (SSSR count). The van der Waals surface area contributed by atoms with Gasteiger partial charge >= 0.3 is 6.03 Å². The lowest BCUT2D eigenvalue weighted by Crippen LogP contribution is -2.52. The van der Waals surface area contributed by atoms with Crippen LogP contribution in [0, 0.1) is 12.8 Å². The van der Waals surface area contributed by atoms with Crippen LogP contribution in [0.4, 0.5) is 10.6 Å². The van der Waals surface area contributed by atoms with Crippen LogP contribution in [-0.4, -0.2) is 65.7 Å². The summed E-state index contributed by atoms with van der Waals surface area (Å²) in [6, 6.07) is 4.12. The summed E-state index contributed by atoms with van der Waals surface area (Å²) in [6.07, 6.45) is 0.261. The third-order valence-corrected chi connectivity index (χ3v) is 6.15. The molecule has 2 aromatic rings. The Bertz CT molecular complexity index is 954. The Kier molecular flexibility index (Phi) is 5.79. The predicted octanol–water partition coefficient (Wildman–Crippen LogP) is 2.74. The molecular weight excluding hydrogens is 382 g/mol. The molecular formula is C22H31N5O3. The quantitative estimate of drug-likeness (QED) is 0.812. The molecule has 8 heteroatoms. The molecule has 0 radical (unpaired) electrons. The minimum atomic E-state index is -0.443. The molecule has 3 heterocycles. The highest BCUT2D eigenvalue weighted by Crippen LogP contribution is 2.32. The summed E-state index contributed by atoms with van der Waals surface area (Å²) in [7, 11) is 0. The number of urea groups is 1. The number of fused-ring (bicyclic) bond motifs is 1. The number of aryl methyl sites for hydroxylation is 1. The molecule has 162 valence electrons. The second kappa shape index (κ2) is 8.35. The Morgan fingerprint density at radius 2 is 2.03 bits per heavy atom. The molecule has 1 aromatic carbocycles. The van der Waals surface area contributed by atoms with Crippen LogP contribution in [0.25, 0.3) is 11.0 Å². The van der Waals surface area contributed by atoms with Crippen LogP contribution < -0.4 is 10.2 Å². The van der Waals surface area contributed by atoms with Crippen molar-refractivity contribution in [1.82, 2.24) is 20.3 Å². The summed E-state index contributed by atoms with van der Waals surface area (Å²) >= 11 is 0. The van der Waals surface area contributed by atoms with E-state index >= 15 is 0 Å². The Hall–Kier alpha value is -2.45. The van der Waals surface area contributed by atoms with Crippen LogP contribution in [0.5, 0.6) is 0 Å². The number of carbonyl (C=O) groups is 2. The van der Waals surface area contributed by atoms with Crippen molar-refractivity contribution in [2.24, 2.45) is 5.92 Å². The number of nitrogens with one attached hydrogen (secondary N) is 1. The van der Waals surface area contributed by atoms with Crippen molar-refractivity contribution in [2.45, 2.75) is 46.7 Å². The fourth-order valence-corrected chi connectivity index (χ4v) is 4.54. The van der Waals surface area contributed by atoms with E-state index in [1.165, 1.54) is 10.5 Å². The standard InChI is InChI=1S/C22H31N5O3/c1-14(2)11-26-10-9-25(12-15(26)3)13-17-5-6-18-20(16(17)4)21(24-30-18)27-8-7-19(28)23-22(27)29/h5-6,14-15H,7-13H2,1-4H3,(H,23,28,29)/t15-/m0/s1. The van der Waals surface area contributed by atoms with E-state index in [1.807, 2.05) is 6.07 Å². The predicted molar refractivity (Wildman–Crippen MR) is 115 cm³/mol. The minimum Gasteiger partial charge on any atom is -0.354 e. The van der Waals surface area contributed by atoms with E-state index in [4.69, 9.17) is 4.52 Å². The second-order valence-corrected chi connectivity index (χ2v) is 8.96. The Labute approximate surface area is 177 Å². The molecule has 30 heavy (non-hydrogen) atoms. The zero-order valence-electron chi connectivity index (χ0n) is 18.3. The summed E-state index contributed by atoms with van der Waals surface area (Å²) in [6.45, 7) is 14.4. The minimum absolute atomic E-state index is 0.257. The molecule has 0 spiro atoms. The highest BCUT2D eigenvalue weighted by Gasteiger charge is 2.30. The second-order valence-electron chi connectivity index (χ2n) is 8.96. The first-order valence-electron chi connectivity index (χ1n) is 10.8. The fraction of sp³-hybridized carbons (Fsp3) is 0.591. The number of rotatable bonds is 5. The Balaban J connectivity index is 1.54. The molecule has 0 saturated carbocycles. The summed E-state index contributed by atoms with van der Waals surface area (Å²) in [4.78, 5) is 30.4. The molecule has 0 aliphatic carbocycles. The number of nitrogens with zero attached hydrogens (tertiary/aromatic N) is 4. The Morgan fingerprint density at radius 3 is 2.73 bits per heavy atom. The summed E-state index contributed by atoms with van der Waals surface area (Å²) in [5, 5.41) is 7.36. The van der Waals surface area contributed by atoms with Crippen LogP contribution in [-0.2, 0) is 11.3 Å². The first kappa shape index (κ1) is 20.8. The largest absolute Gasteiger partial charge is 0.354 e. The van der Waals surface area contributed by atoms with Crippen LogP contribution in [0.3, 0.4) is 0 Å². The number of hydrogen-bond donors (Lipinski definition) is 1.